The number of rotatable bonds is 9. The summed E-state index contributed by atoms with van der Waals surface area (Å²) < 4.78 is 29.3. The van der Waals surface area contributed by atoms with Gasteiger partial charge in [-0.15, -0.1) is 0 Å². The predicted octanol–water partition coefficient (Wildman–Crippen LogP) is -1.85. The number of hydrogen-bond donors (Lipinski definition) is 5. The molecule has 3 rings (SSSR count). The Labute approximate surface area is 159 Å². The van der Waals surface area contributed by atoms with E-state index in [9.17, 15) is 18.3 Å². The second kappa shape index (κ2) is 7.58. The van der Waals surface area contributed by atoms with Crippen molar-refractivity contribution < 1.29 is 28.4 Å². The molecule has 2 unspecified atom stereocenters. The van der Waals surface area contributed by atoms with Crippen LogP contribution in [0.5, 0.6) is 0 Å². The highest BCUT2D eigenvalue weighted by atomic mass is 32.2. The standard InChI is InChI=1S/C15H29BN4O6S/c17-12-7-13(12)20(11-4-1-5-11)27(25,26)19-8-10(3-2-6-16(23)24)15(18,9-19)14(21)22/h10-13,23-24H,1-9,17-18H2,(H,21,22)/t10-,12?,13?,15-/m0/s1. The lowest BCUT2D eigenvalue weighted by Crippen LogP contribution is -2.57. The van der Waals surface area contributed by atoms with Crippen molar-refractivity contribution in [2.45, 2.75) is 68.5 Å². The molecule has 0 bridgehead atoms. The first kappa shape index (κ1) is 21.0. The van der Waals surface area contributed by atoms with Gasteiger partial charge in [-0.1, -0.05) is 12.8 Å². The van der Waals surface area contributed by atoms with Gasteiger partial charge in [-0.2, -0.15) is 17.0 Å². The molecule has 1 saturated heterocycles. The summed E-state index contributed by atoms with van der Waals surface area (Å²) in [5.74, 6) is -1.84. The number of carbonyl (C=O) groups is 1. The van der Waals surface area contributed by atoms with Gasteiger partial charge in [0.15, 0.2) is 0 Å². The Bertz CT molecular complexity index is 670. The van der Waals surface area contributed by atoms with Crippen LogP contribution in [-0.4, -0.2) is 82.0 Å². The predicted molar refractivity (Wildman–Crippen MR) is 98.6 cm³/mol. The molecule has 3 aliphatic rings. The average molecular weight is 404 g/mol. The van der Waals surface area contributed by atoms with E-state index < -0.39 is 34.8 Å². The van der Waals surface area contributed by atoms with Crippen LogP contribution in [0, 0.1) is 5.92 Å². The SMILES string of the molecule is NC1CC1N(C1CCC1)S(=O)(=O)N1C[C@H](CCCB(O)O)[C@](N)(C(=O)O)C1. The van der Waals surface area contributed by atoms with Gasteiger partial charge in [-0.25, -0.2) is 0 Å². The highest BCUT2D eigenvalue weighted by Crippen LogP contribution is 2.40. The molecule has 7 N–H and O–H groups in total. The molecule has 2 saturated carbocycles. The minimum absolute atomic E-state index is 0.0117. The van der Waals surface area contributed by atoms with Crippen LogP contribution in [0.15, 0.2) is 0 Å². The van der Waals surface area contributed by atoms with Crippen molar-refractivity contribution in [1.29, 1.82) is 0 Å². The Morgan fingerprint density at radius 1 is 1.33 bits per heavy atom. The van der Waals surface area contributed by atoms with Crippen molar-refractivity contribution >= 4 is 23.3 Å². The molecular weight excluding hydrogens is 375 g/mol. The third-order valence-corrected chi connectivity index (χ3v) is 8.20. The Hall–Kier alpha value is -0.755. The van der Waals surface area contributed by atoms with Gasteiger partial charge in [0, 0.05) is 37.1 Å². The molecule has 4 atom stereocenters. The van der Waals surface area contributed by atoms with Gasteiger partial charge in [-0.05, 0) is 32.0 Å². The van der Waals surface area contributed by atoms with E-state index in [-0.39, 0.29) is 37.5 Å². The van der Waals surface area contributed by atoms with Crippen LogP contribution in [-0.2, 0) is 15.0 Å². The minimum Gasteiger partial charge on any atom is -0.480 e. The van der Waals surface area contributed by atoms with Crippen molar-refractivity contribution in [2.75, 3.05) is 13.1 Å². The van der Waals surface area contributed by atoms with Gasteiger partial charge in [0.2, 0.25) is 0 Å². The normalized spacial score (nSPS) is 34.6. The van der Waals surface area contributed by atoms with Crippen molar-refractivity contribution in [2.24, 2.45) is 17.4 Å². The zero-order chi connectivity index (χ0) is 20.0. The number of hydrogen-bond acceptors (Lipinski definition) is 7. The van der Waals surface area contributed by atoms with Crippen molar-refractivity contribution in [3.05, 3.63) is 0 Å². The fraction of sp³-hybridized carbons (Fsp3) is 0.933. The highest BCUT2D eigenvalue weighted by Gasteiger charge is 2.57. The van der Waals surface area contributed by atoms with Gasteiger partial charge in [0.1, 0.15) is 5.54 Å². The topological polar surface area (TPSA) is 170 Å². The van der Waals surface area contributed by atoms with E-state index in [1.54, 1.807) is 0 Å². The van der Waals surface area contributed by atoms with Crippen LogP contribution in [0.25, 0.3) is 0 Å². The molecule has 154 valence electrons. The first-order valence-corrected chi connectivity index (χ1v) is 10.9. The summed E-state index contributed by atoms with van der Waals surface area (Å²) >= 11 is 0. The molecule has 2 aliphatic carbocycles. The number of aliphatic carboxylic acids is 1. The summed E-state index contributed by atoms with van der Waals surface area (Å²) in [5, 5.41) is 27.6. The summed E-state index contributed by atoms with van der Waals surface area (Å²) in [7, 11) is -5.34. The summed E-state index contributed by atoms with van der Waals surface area (Å²) in [6, 6.07) is -0.470. The van der Waals surface area contributed by atoms with Gasteiger partial charge < -0.3 is 26.6 Å². The van der Waals surface area contributed by atoms with Crippen LogP contribution in [0.3, 0.4) is 0 Å². The zero-order valence-electron chi connectivity index (χ0n) is 15.3. The van der Waals surface area contributed by atoms with Gasteiger partial charge in [0.25, 0.3) is 10.2 Å². The first-order valence-electron chi connectivity index (χ1n) is 9.50. The molecule has 0 radical (unpaired) electrons. The molecule has 12 heteroatoms. The van der Waals surface area contributed by atoms with Crippen molar-refractivity contribution in [1.82, 2.24) is 8.61 Å². The lowest BCUT2D eigenvalue weighted by Gasteiger charge is -2.39. The fourth-order valence-corrected chi connectivity index (χ4v) is 6.29. The van der Waals surface area contributed by atoms with Crippen LogP contribution in [0.2, 0.25) is 6.32 Å². The molecule has 0 amide bonds. The first-order chi connectivity index (χ1) is 12.6. The van der Waals surface area contributed by atoms with Crippen molar-refractivity contribution in [3.8, 4) is 0 Å². The molecule has 0 aromatic rings. The zero-order valence-corrected chi connectivity index (χ0v) is 16.1. The molecule has 0 aromatic carbocycles. The number of carboxylic acid groups (broad SMARTS) is 1. The molecular formula is C15H29BN4O6S. The smallest absolute Gasteiger partial charge is 0.451 e. The summed E-state index contributed by atoms with van der Waals surface area (Å²) in [6.07, 6.45) is 3.92. The average Bonchev–Trinajstić information content (AvgIpc) is 3.12. The molecule has 1 heterocycles. The highest BCUT2D eigenvalue weighted by molar-refractivity contribution is 7.86. The quantitative estimate of drug-likeness (QED) is 0.279. The molecule has 3 fully saturated rings. The number of nitrogens with two attached hydrogens (primary N) is 2. The van der Waals surface area contributed by atoms with Gasteiger partial charge in [-0.3, -0.25) is 4.79 Å². The largest absolute Gasteiger partial charge is 0.480 e. The Balaban J connectivity index is 1.77. The second-order valence-corrected chi connectivity index (χ2v) is 9.97. The van der Waals surface area contributed by atoms with Gasteiger partial charge >= 0.3 is 13.1 Å². The second-order valence-electron chi connectivity index (χ2n) is 8.14. The number of carboxylic acids is 1. The monoisotopic (exact) mass is 404 g/mol. The summed E-state index contributed by atoms with van der Waals surface area (Å²) in [5.41, 5.74) is 10.3. The van der Waals surface area contributed by atoms with Crippen LogP contribution < -0.4 is 11.5 Å². The molecule has 0 aromatic heterocycles. The van der Waals surface area contributed by atoms with E-state index in [2.05, 4.69) is 0 Å². The lowest BCUT2D eigenvalue weighted by atomic mass is 9.78. The van der Waals surface area contributed by atoms with Crippen LogP contribution in [0.1, 0.15) is 38.5 Å². The van der Waals surface area contributed by atoms with E-state index >= 15 is 0 Å². The van der Waals surface area contributed by atoms with Crippen molar-refractivity contribution in [3.63, 3.8) is 0 Å². The molecule has 27 heavy (non-hydrogen) atoms. The Morgan fingerprint density at radius 3 is 2.41 bits per heavy atom. The minimum atomic E-state index is -3.86. The maximum absolute atomic E-state index is 13.3. The van der Waals surface area contributed by atoms with E-state index in [0.717, 1.165) is 19.3 Å². The Kier molecular flexibility index (Phi) is 5.89. The summed E-state index contributed by atoms with van der Waals surface area (Å²) in [6.45, 7) is -0.278. The number of nitrogens with zero attached hydrogens (tertiary/aromatic N) is 2. The third-order valence-electron chi connectivity index (χ3n) is 6.16. The van der Waals surface area contributed by atoms with E-state index in [1.807, 2.05) is 0 Å². The van der Waals surface area contributed by atoms with Gasteiger partial charge in [0.05, 0.1) is 0 Å². The van der Waals surface area contributed by atoms with E-state index in [0.29, 0.717) is 19.3 Å². The van der Waals surface area contributed by atoms with Crippen LogP contribution in [0.4, 0.5) is 0 Å². The molecule has 1 aliphatic heterocycles. The fourth-order valence-electron chi connectivity index (χ4n) is 4.11. The van der Waals surface area contributed by atoms with E-state index in [1.165, 1.54) is 8.61 Å². The van der Waals surface area contributed by atoms with E-state index in [4.69, 9.17) is 21.5 Å². The lowest BCUT2D eigenvalue weighted by molar-refractivity contribution is -0.144. The maximum atomic E-state index is 13.3. The molecule has 0 spiro atoms. The third kappa shape index (κ3) is 4.02. The molecule has 10 nitrogen and oxygen atoms in total. The Morgan fingerprint density at radius 2 is 1.96 bits per heavy atom. The summed E-state index contributed by atoms with van der Waals surface area (Å²) in [4.78, 5) is 11.8. The maximum Gasteiger partial charge on any atom is 0.451 e. The van der Waals surface area contributed by atoms with Crippen LogP contribution >= 0.6 is 0 Å².